The summed E-state index contributed by atoms with van der Waals surface area (Å²) in [4.78, 5) is 27.8. The molecule has 18 nitrogen and oxygen atoms in total. The highest BCUT2D eigenvalue weighted by atomic mass is 16.7. The molecular weight excluding hydrogens is 1030 g/mol. The van der Waals surface area contributed by atoms with E-state index < -0.39 is 145 Å². The quantitative estimate of drug-likeness (QED) is 0.0637. The standard InChI is InChI=1S/C62H100O18/c1-13-41-21-19-23-43(15-3)59(35(7)49(65)31-61(71)33-51(45(17-5)37(9)79-61)75-55-29-47(63)57(69)39(11)73-55)78-54(68)28-26-42(14-2)22-20-24-44(16-4)60(77-53(67)27-25-41)36(8)50(66)32-62(72)34-52(46(18-6)38(10)80-62)76-56-30-48(64)58(70)40(12)74-56/h19-28,35-40,43-52,55-60,63-66,69-72H,13-18,29-34H2,1-12H3/b23-19+,24-20+,27-25+,28-26+,41-21+,42-22+/t35?,36?,37?,38?,39?,40?,43?,44?,45?,46?,47?,48?,49?,50?,51?,52?,55?,56?,57?,58?,59-,60?,61?,62?/m1/s1. The van der Waals surface area contributed by atoms with Gasteiger partial charge in [-0.25, -0.2) is 9.59 Å². The van der Waals surface area contributed by atoms with E-state index in [4.69, 9.17) is 37.9 Å². The summed E-state index contributed by atoms with van der Waals surface area (Å²) < 4.78 is 49.6. The summed E-state index contributed by atoms with van der Waals surface area (Å²) in [6, 6.07) is 0. The van der Waals surface area contributed by atoms with E-state index in [9.17, 15) is 50.4 Å². The molecule has 456 valence electrons. The summed E-state index contributed by atoms with van der Waals surface area (Å²) >= 11 is 0. The number of esters is 2. The van der Waals surface area contributed by atoms with Crippen molar-refractivity contribution in [1.29, 1.82) is 0 Å². The molecule has 0 aromatic rings. The van der Waals surface area contributed by atoms with Gasteiger partial charge in [-0.15, -0.1) is 0 Å². The first-order chi connectivity index (χ1) is 37.8. The van der Waals surface area contributed by atoms with Crippen molar-refractivity contribution in [3.8, 4) is 0 Å². The van der Waals surface area contributed by atoms with Crippen molar-refractivity contribution in [2.45, 2.75) is 270 Å². The van der Waals surface area contributed by atoms with Gasteiger partial charge in [0, 0.05) is 86.2 Å². The van der Waals surface area contributed by atoms with Crippen molar-refractivity contribution in [3.05, 3.63) is 71.9 Å². The highest BCUT2D eigenvalue weighted by Gasteiger charge is 2.51. The Hall–Kier alpha value is -3.18. The smallest absolute Gasteiger partial charge is 0.331 e. The molecule has 5 aliphatic heterocycles. The molecule has 0 aromatic carbocycles. The lowest BCUT2D eigenvalue weighted by Gasteiger charge is -2.48. The van der Waals surface area contributed by atoms with Crippen LogP contribution in [-0.4, -0.2) is 162 Å². The van der Waals surface area contributed by atoms with Crippen molar-refractivity contribution >= 4 is 11.9 Å². The molecule has 4 fully saturated rings. The molecule has 5 aliphatic rings. The average molecular weight is 1130 g/mol. The molecule has 5 heterocycles. The first-order valence-corrected chi connectivity index (χ1v) is 29.8. The van der Waals surface area contributed by atoms with Crippen LogP contribution in [0.15, 0.2) is 71.9 Å². The lowest BCUT2D eigenvalue weighted by Crippen LogP contribution is -2.56. The molecule has 0 aliphatic carbocycles. The van der Waals surface area contributed by atoms with Crippen LogP contribution in [0.2, 0.25) is 0 Å². The highest BCUT2D eigenvalue weighted by Crippen LogP contribution is 2.43. The summed E-state index contributed by atoms with van der Waals surface area (Å²) in [5, 5.41) is 89.7. The third-order valence-electron chi connectivity index (χ3n) is 17.6. The van der Waals surface area contributed by atoms with Crippen LogP contribution in [0.5, 0.6) is 0 Å². The maximum atomic E-state index is 13.9. The van der Waals surface area contributed by atoms with Crippen molar-refractivity contribution in [2.24, 2.45) is 35.5 Å². The number of hydrogen-bond acceptors (Lipinski definition) is 18. The predicted molar refractivity (Wildman–Crippen MR) is 300 cm³/mol. The molecule has 0 aromatic heterocycles. The van der Waals surface area contributed by atoms with Gasteiger partial charge in [-0.1, -0.05) is 104 Å². The summed E-state index contributed by atoms with van der Waals surface area (Å²) in [7, 11) is 0. The molecule has 5 rings (SSSR count). The van der Waals surface area contributed by atoms with Crippen LogP contribution in [0.3, 0.4) is 0 Å². The van der Waals surface area contributed by atoms with Crippen LogP contribution in [-0.2, 0) is 47.5 Å². The van der Waals surface area contributed by atoms with Crippen molar-refractivity contribution in [3.63, 3.8) is 0 Å². The van der Waals surface area contributed by atoms with E-state index in [2.05, 4.69) is 0 Å². The van der Waals surface area contributed by atoms with Crippen LogP contribution >= 0.6 is 0 Å². The Balaban J connectivity index is 1.37. The van der Waals surface area contributed by atoms with E-state index in [-0.39, 0.29) is 50.4 Å². The zero-order chi connectivity index (χ0) is 59.2. The van der Waals surface area contributed by atoms with E-state index in [0.29, 0.717) is 38.5 Å². The van der Waals surface area contributed by atoms with Gasteiger partial charge in [-0.2, -0.15) is 0 Å². The van der Waals surface area contributed by atoms with Crippen molar-refractivity contribution < 1.29 is 88.3 Å². The monoisotopic (exact) mass is 1130 g/mol. The van der Waals surface area contributed by atoms with Gasteiger partial charge in [0.15, 0.2) is 24.2 Å². The lowest BCUT2D eigenvalue weighted by molar-refractivity contribution is -0.331. The van der Waals surface area contributed by atoms with Gasteiger partial charge in [-0.3, -0.25) is 0 Å². The highest BCUT2D eigenvalue weighted by molar-refractivity contribution is 5.83. The SMILES string of the molecule is CCC1=C\C=C\C(CC)[C@@H](C(C)C(O)CC2(O)CC(OC3CC(O)C(O)C(C)O3)C(CC)C(C)O2)OC(=O)/C=C/C(CC)=C/C=C/C(CC)C(C(C)C(O)CC2(O)CC(OC3CC(O)C(O)C(C)O3)C(CC)C(C)O2)OC(=O)\C=C\1. The molecule has 0 saturated carbocycles. The van der Waals surface area contributed by atoms with Crippen LogP contribution < -0.4 is 0 Å². The fourth-order valence-electron chi connectivity index (χ4n) is 12.4. The van der Waals surface area contributed by atoms with E-state index >= 15 is 0 Å². The van der Waals surface area contributed by atoms with Crippen LogP contribution in [0.4, 0.5) is 0 Å². The lowest BCUT2D eigenvalue weighted by atomic mass is 9.80. The summed E-state index contributed by atoms with van der Waals surface area (Å²) in [5.74, 6) is -7.44. The topological polar surface area (TPSA) is 270 Å². The molecular formula is C62H100O18. The van der Waals surface area contributed by atoms with Gasteiger partial charge >= 0.3 is 11.9 Å². The molecule has 0 amide bonds. The Bertz CT molecular complexity index is 1950. The minimum atomic E-state index is -1.83. The Labute approximate surface area is 475 Å². The summed E-state index contributed by atoms with van der Waals surface area (Å²) in [6.45, 7) is 22.3. The van der Waals surface area contributed by atoms with Crippen molar-refractivity contribution in [2.75, 3.05) is 0 Å². The van der Waals surface area contributed by atoms with Crippen LogP contribution in [0.25, 0.3) is 0 Å². The third kappa shape index (κ3) is 18.4. The fourth-order valence-corrected chi connectivity index (χ4v) is 12.4. The molecule has 8 N–H and O–H groups in total. The minimum Gasteiger partial charge on any atom is -0.458 e. The van der Waals surface area contributed by atoms with Gasteiger partial charge in [0.1, 0.15) is 24.4 Å². The molecule has 80 heavy (non-hydrogen) atoms. The van der Waals surface area contributed by atoms with Gasteiger partial charge in [0.2, 0.25) is 0 Å². The molecule has 0 radical (unpaired) electrons. The van der Waals surface area contributed by atoms with Gasteiger partial charge in [0.25, 0.3) is 0 Å². The van der Waals surface area contributed by atoms with Crippen LogP contribution in [0.1, 0.15) is 160 Å². The Morgan fingerprint density at radius 1 is 0.562 bits per heavy atom. The number of carbonyl (C=O) groups excluding carboxylic acids is 2. The Kier molecular flexibility index (Phi) is 26.3. The minimum absolute atomic E-state index is 0.00199. The molecule has 24 atom stereocenters. The van der Waals surface area contributed by atoms with Crippen LogP contribution in [0, 0.1) is 35.5 Å². The first kappa shape index (κ1) is 67.6. The average Bonchev–Trinajstić information content (AvgIpc) is 3.39. The Morgan fingerprint density at radius 2 is 0.925 bits per heavy atom. The summed E-state index contributed by atoms with van der Waals surface area (Å²) in [5.41, 5.74) is 1.55. The van der Waals surface area contributed by atoms with E-state index in [0.717, 1.165) is 11.1 Å². The second kappa shape index (κ2) is 31.1. The second-order valence-electron chi connectivity index (χ2n) is 23.4. The molecule has 23 unspecified atom stereocenters. The number of aliphatic hydroxyl groups excluding tert-OH is 6. The largest absolute Gasteiger partial charge is 0.458 e. The molecule has 4 saturated heterocycles. The molecule has 0 spiro atoms. The summed E-state index contributed by atoms with van der Waals surface area (Å²) in [6.07, 6.45) is 6.90. The number of cyclic esters (lactones) is 2. The maximum absolute atomic E-state index is 13.9. The zero-order valence-corrected chi connectivity index (χ0v) is 49.6. The number of rotatable bonds is 18. The number of aliphatic hydroxyl groups is 8. The Morgan fingerprint density at radius 3 is 1.24 bits per heavy atom. The third-order valence-corrected chi connectivity index (χ3v) is 17.6. The van der Waals surface area contributed by atoms with Crippen molar-refractivity contribution in [1.82, 2.24) is 0 Å². The van der Waals surface area contributed by atoms with Gasteiger partial charge in [0.05, 0.1) is 61.0 Å². The number of carbonyl (C=O) groups is 2. The predicted octanol–water partition coefficient (Wildman–Crippen LogP) is 7.08. The van der Waals surface area contributed by atoms with Gasteiger partial charge in [-0.05, 0) is 77.4 Å². The first-order valence-electron chi connectivity index (χ1n) is 29.8. The number of ether oxygens (including phenoxy) is 8. The fraction of sp³-hybridized carbons (Fsp3) is 0.774. The van der Waals surface area contributed by atoms with Gasteiger partial charge < -0.3 is 78.7 Å². The van der Waals surface area contributed by atoms with E-state index in [1.807, 2.05) is 91.8 Å². The normalized spacial score (nSPS) is 43.6. The maximum Gasteiger partial charge on any atom is 0.331 e. The number of allylic oxidation sites excluding steroid dienone is 8. The second-order valence-corrected chi connectivity index (χ2v) is 23.4. The molecule has 18 heteroatoms. The van der Waals surface area contributed by atoms with E-state index in [1.54, 1.807) is 39.8 Å². The number of hydrogen-bond donors (Lipinski definition) is 8. The molecule has 0 bridgehead atoms. The zero-order valence-electron chi connectivity index (χ0n) is 49.6. The van der Waals surface area contributed by atoms with E-state index in [1.165, 1.54) is 12.2 Å².